The minimum Gasteiger partial charge on any atom is -0.396 e. The third-order valence-electron chi connectivity index (χ3n) is 2.43. The molecule has 0 aromatic carbocycles. The van der Waals surface area contributed by atoms with Crippen LogP contribution in [0, 0.1) is 12.8 Å². The zero-order valence-corrected chi connectivity index (χ0v) is 8.70. The van der Waals surface area contributed by atoms with Crippen LogP contribution in [-0.2, 0) is 0 Å². The van der Waals surface area contributed by atoms with E-state index in [-0.39, 0.29) is 11.9 Å². The van der Waals surface area contributed by atoms with E-state index in [0.29, 0.717) is 5.92 Å². The van der Waals surface area contributed by atoms with Crippen LogP contribution >= 0.6 is 11.6 Å². The van der Waals surface area contributed by atoms with Gasteiger partial charge in [-0.3, -0.25) is 0 Å². The zero-order valence-electron chi connectivity index (χ0n) is 7.94. The first kappa shape index (κ1) is 9.68. The summed E-state index contributed by atoms with van der Waals surface area (Å²) in [4.78, 5) is 10.2. The van der Waals surface area contributed by atoms with Crippen molar-refractivity contribution in [1.29, 1.82) is 0 Å². The Morgan fingerprint density at radius 1 is 1.64 bits per heavy atom. The van der Waals surface area contributed by atoms with Crippen molar-refractivity contribution in [3.8, 4) is 0 Å². The Morgan fingerprint density at radius 3 is 3.00 bits per heavy atom. The summed E-state index contributed by atoms with van der Waals surface area (Å²) in [6.07, 6.45) is 1.72. The monoisotopic (exact) mass is 213 g/mol. The first-order chi connectivity index (χ1) is 6.70. The second kappa shape index (κ2) is 3.71. The number of rotatable bonds is 2. The van der Waals surface area contributed by atoms with E-state index in [1.165, 1.54) is 0 Å². The SMILES string of the molecule is Cc1cnc(Cl)nc1N1CC(CO)C1. The molecule has 0 saturated carbocycles. The number of aliphatic hydroxyl groups excluding tert-OH is 1. The maximum atomic E-state index is 8.89. The van der Waals surface area contributed by atoms with Crippen molar-refractivity contribution < 1.29 is 5.11 Å². The molecule has 1 fully saturated rings. The number of halogens is 1. The van der Waals surface area contributed by atoms with Crippen LogP contribution in [0.25, 0.3) is 0 Å². The van der Waals surface area contributed by atoms with Gasteiger partial charge in [-0.2, -0.15) is 0 Å². The Kier molecular flexibility index (Phi) is 2.56. The number of aromatic nitrogens is 2. The van der Waals surface area contributed by atoms with Crippen molar-refractivity contribution in [3.63, 3.8) is 0 Å². The van der Waals surface area contributed by atoms with E-state index < -0.39 is 0 Å². The third-order valence-corrected chi connectivity index (χ3v) is 2.61. The van der Waals surface area contributed by atoms with Gasteiger partial charge in [0, 0.05) is 37.4 Å². The minimum absolute atomic E-state index is 0.244. The topological polar surface area (TPSA) is 49.2 Å². The van der Waals surface area contributed by atoms with Crippen LogP contribution in [0.4, 0.5) is 5.82 Å². The maximum absolute atomic E-state index is 8.89. The molecule has 14 heavy (non-hydrogen) atoms. The van der Waals surface area contributed by atoms with Crippen molar-refractivity contribution >= 4 is 17.4 Å². The molecular weight excluding hydrogens is 202 g/mol. The molecule has 0 spiro atoms. The summed E-state index contributed by atoms with van der Waals surface area (Å²) in [5.74, 6) is 1.26. The van der Waals surface area contributed by atoms with Crippen LogP contribution < -0.4 is 4.90 Å². The smallest absolute Gasteiger partial charge is 0.224 e. The van der Waals surface area contributed by atoms with E-state index in [9.17, 15) is 0 Å². The molecular formula is C9H12ClN3O. The van der Waals surface area contributed by atoms with Gasteiger partial charge < -0.3 is 10.0 Å². The van der Waals surface area contributed by atoms with Crippen molar-refractivity contribution in [1.82, 2.24) is 9.97 Å². The number of aryl methyl sites for hydroxylation is 1. The quantitative estimate of drug-likeness (QED) is 0.741. The van der Waals surface area contributed by atoms with Gasteiger partial charge in [0.15, 0.2) is 0 Å². The lowest BCUT2D eigenvalue weighted by molar-refractivity contribution is 0.200. The molecule has 0 amide bonds. The summed E-state index contributed by atoms with van der Waals surface area (Å²) >= 11 is 5.71. The van der Waals surface area contributed by atoms with Crippen molar-refractivity contribution in [2.45, 2.75) is 6.92 Å². The highest BCUT2D eigenvalue weighted by Gasteiger charge is 2.28. The zero-order chi connectivity index (χ0) is 10.1. The highest BCUT2D eigenvalue weighted by atomic mass is 35.5. The normalized spacial score (nSPS) is 16.9. The summed E-state index contributed by atoms with van der Waals surface area (Å²) in [6, 6.07) is 0. The largest absolute Gasteiger partial charge is 0.396 e. The van der Waals surface area contributed by atoms with Crippen LogP contribution in [-0.4, -0.2) is 34.8 Å². The fraction of sp³-hybridized carbons (Fsp3) is 0.556. The van der Waals surface area contributed by atoms with Gasteiger partial charge in [-0.15, -0.1) is 0 Å². The van der Waals surface area contributed by atoms with E-state index in [1.807, 2.05) is 6.92 Å². The van der Waals surface area contributed by atoms with E-state index in [2.05, 4.69) is 14.9 Å². The predicted octanol–water partition coefficient (Wildman–Crippen LogP) is 0.867. The average Bonchev–Trinajstić information content (AvgIpc) is 2.09. The molecule has 2 heterocycles. The van der Waals surface area contributed by atoms with Crippen LogP contribution in [0.2, 0.25) is 5.28 Å². The van der Waals surface area contributed by atoms with Gasteiger partial charge in [0.1, 0.15) is 5.82 Å². The van der Waals surface area contributed by atoms with Gasteiger partial charge in [0.05, 0.1) is 0 Å². The fourth-order valence-electron chi connectivity index (χ4n) is 1.59. The van der Waals surface area contributed by atoms with Gasteiger partial charge in [-0.1, -0.05) is 0 Å². The summed E-state index contributed by atoms with van der Waals surface area (Å²) < 4.78 is 0. The second-order valence-corrected chi connectivity index (χ2v) is 3.94. The van der Waals surface area contributed by atoms with Gasteiger partial charge in [-0.05, 0) is 18.5 Å². The van der Waals surface area contributed by atoms with Crippen LogP contribution in [0.3, 0.4) is 0 Å². The maximum Gasteiger partial charge on any atom is 0.224 e. The van der Waals surface area contributed by atoms with Gasteiger partial charge in [0.2, 0.25) is 5.28 Å². The van der Waals surface area contributed by atoms with Crippen LogP contribution in [0.1, 0.15) is 5.56 Å². The van der Waals surface area contributed by atoms with E-state index in [1.54, 1.807) is 6.20 Å². The summed E-state index contributed by atoms with van der Waals surface area (Å²) in [6.45, 7) is 3.90. The van der Waals surface area contributed by atoms with Gasteiger partial charge in [-0.25, -0.2) is 9.97 Å². The molecule has 0 atom stereocenters. The lowest BCUT2D eigenvalue weighted by atomic mass is 10.0. The summed E-state index contributed by atoms with van der Waals surface area (Å²) in [7, 11) is 0. The number of aliphatic hydroxyl groups is 1. The molecule has 1 aromatic rings. The molecule has 1 aromatic heterocycles. The van der Waals surface area contributed by atoms with E-state index >= 15 is 0 Å². The molecule has 0 aliphatic carbocycles. The molecule has 0 unspecified atom stereocenters. The Labute approximate surface area is 87.5 Å². The van der Waals surface area contributed by atoms with E-state index in [0.717, 1.165) is 24.5 Å². The first-order valence-electron chi connectivity index (χ1n) is 4.55. The van der Waals surface area contributed by atoms with Crippen molar-refractivity contribution in [3.05, 3.63) is 17.0 Å². The van der Waals surface area contributed by atoms with Gasteiger partial charge in [0.25, 0.3) is 0 Å². The summed E-state index contributed by atoms with van der Waals surface area (Å²) in [5, 5.41) is 9.17. The molecule has 2 rings (SSSR count). The highest BCUT2D eigenvalue weighted by molar-refractivity contribution is 6.28. The Hall–Kier alpha value is -0.870. The Balaban J connectivity index is 2.13. The Morgan fingerprint density at radius 2 is 2.36 bits per heavy atom. The first-order valence-corrected chi connectivity index (χ1v) is 4.93. The summed E-state index contributed by atoms with van der Waals surface area (Å²) in [5.41, 5.74) is 1.02. The lowest BCUT2D eigenvalue weighted by Crippen LogP contribution is -2.49. The molecule has 0 radical (unpaired) electrons. The minimum atomic E-state index is 0.244. The van der Waals surface area contributed by atoms with E-state index in [4.69, 9.17) is 16.7 Å². The number of hydrogen-bond donors (Lipinski definition) is 1. The number of nitrogens with zero attached hydrogens (tertiary/aromatic N) is 3. The van der Waals surface area contributed by atoms with Crippen LogP contribution in [0.15, 0.2) is 6.20 Å². The molecule has 5 heteroatoms. The average molecular weight is 214 g/mol. The third kappa shape index (κ3) is 1.67. The van der Waals surface area contributed by atoms with Crippen molar-refractivity contribution in [2.24, 2.45) is 5.92 Å². The molecule has 1 aliphatic heterocycles. The predicted molar refractivity (Wildman–Crippen MR) is 54.6 cm³/mol. The molecule has 0 bridgehead atoms. The lowest BCUT2D eigenvalue weighted by Gasteiger charge is -2.39. The number of anilines is 1. The molecule has 4 nitrogen and oxygen atoms in total. The number of hydrogen-bond acceptors (Lipinski definition) is 4. The molecule has 1 N–H and O–H groups in total. The highest BCUT2D eigenvalue weighted by Crippen LogP contribution is 2.25. The van der Waals surface area contributed by atoms with Gasteiger partial charge >= 0.3 is 0 Å². The van der Waals surface area contributed by atoms with Crippen LogP contribution in [0.5, 0.6) is 0 Å². The standard InChI is InChI=1S/C9H12ClN3O/c1-6-2-11-9(10)12-8(6)13-3-7(4-13)5-14/h2,7,14H,3-5H2,1H3. The molecule has 76 valence electrons. The van der Waals surface area contributed by atoms with Crippen molar-refractivity contribution in [2.75, 3.05) is 24.6 Å². The Bertz CT molecular complexity index is 339. The molecule has 1 aliphatic rings. The fourth-order valence-corrected chi connectivity index (χ4v) is 1.72. The molecule has 1 saturated heterocycles. The second-order valence-electron chi connectivity index (χ2n) is 3.60.